The van der Waals surface area contributed by atoms with Gasteiger partial charge in [0.05, 0.1) is 27.7 Å². The number of nitrogens with two attached hydrogens (primary N) is 1. The Morgan fingerprint density at radius 3 is 2.37 bits per heavy atom. The standard InChI is InChI=1S/C26H21Cl2N3O3S/c1-26(2,3)34-25(33)21-20(15-9-5-7-11-18(15)28)16(13-29)24-31(22(21)30)23(32)19(35-24)12-14-8-4-6-10-17(14)27/h4-12,20H,30H2,1-3H3. The number of carbonyl (C=O) groups is 1. The van der Waals surface area contributed by atoms with Gasteiger partial charge in [-0.15, -0.1) is 11.3 Å². The molecule has 0 spiro atoms. The van der Waals surface area contributed by atoms with E-state index in [1.807, 2.05) is 0 Å². The molecule has 0 aliphatic carbocycles. The molecule has 1 aliphatic rings. The van der Waals surface area contributed by atoms with Crippen LogP contribution in [0.25, 0.3) is 17.5 Å². The number of esters is 1. The van der Waals surface area contributed by atoms with Crippen molar-refractivity contribution in [3.05, 3.63) is 94.8 Å². The van der Waals surface area contributed by atoms with Crippen molar-refractivity contribution in [2.24, 2.45) is 5.73 Å². The van der Waals surface area contributed by atoms with E-state index in [9.17, 15) is 14.9 Å². The Morgan fingerprint density at radius 1 is 1.14 bits per heavy atom. The second-order valence-electron chi connectivity index (χ2n) is 8.86. The molecule has 35 heavy (non-hydrogen) atoms. The van der Waals surface area contributed by atoms with Gasteiger partial charge in [-0.05, 0) is 50.1 Å². The van der Waals surface area contributed by atoms with Crippen molar-refractivity contribution < 1.29 is 9.53 Å². The quantitative estimate of drug-likeness (QED) is 0.521. The van der Waals surface area contributed by atoms with Crippen LogP contribution in [0.15, 0.2) is 58.9 Å². The molecule has 1 aromatic heterocycles. The first kappa shape index (κ1) is 24.8. The summed E-state index contributed by atoms with van der Waals surface area (Å²) in [5.41, 5.74) is 6.51. The van der Waals surface area contributed by atoms with Gasteiger partial charge >= 0.3 is 5.97 Å². The van der Waals surface area contributed by atoms with Crippen LogP contribution < -0.4 is 20.5 Å². The molecule has 2 N–H and O–H groups in total. The highest BCUT2D eigenvalue weighted by Gasteiger charge is 2.38. The smallest absolute Gasteiger partial charge is 0.339 e. The lowest BCUT2D eigenvalue weighted by Gasteiger charge is -2.28. The largest absolute Gasteiger partial charge is 0.456 e. The van der Waals surface area contributed by atoms with Gasteiger partial charge in [-0.1, -0.05) is 59.6 Å². The van der Waals surface area contributed by atoms with Crippen molar-refractivity contribution in [3.63, 3.8) is 0 Å². The monoisotopic (exact) mass is 525 g/mol. The first-order chi connectivity index (χ1) is 16.5. The van der Waals surface area contributed by atoms with Gasteiger partial charge in [0.15, 0.2) is 0 Å². The van der Waals surface area contributed by atoms with Gasteiger partial charge in [0, 0.05) is 10.0 Å². The first-order valence-electron chi connectivity index (χ1n) is 10.6. The van der Waals surface area contributed by atoms with Crippen LogP contribution in [0.5, 0.6) is 0 Å². The van der Waals surface area contributed by atoms with E-state index in [0.717, 1.165) is 11.3 Å². The number of thiazole rings is 1. The van der Waals surface area contributed by atoms with Crippen molar-refractivity contribution >= 4 is 58.0 Å². The summed E-state index contributed by atoms with van der Waals surface area (Å²) in [6.45, 7) is 5.17. The van der Waals surface area contributed by atoms with Gasteiger partial charge < -0.3 is 10.5 Å². The van der Waals surface area contributed by atoms with Crippen molar-refractivity contribution in [2.45, 2.75) is 32.3 Å². The molecule has 2 heterocycles. The molecular weight excluding hydrogens is 505 g/mol. The fraction of sp³-hybridized carbons (Fsp3) is 0.192. The van der Waals surface area contributed by atoms with Crippen LogP contribution in [0, 0.1) is 11.3 Å². The number of benzene rings is 2. The Hall–Kier alpha value is -3.31. The summed E-state index contributed by atoms with van der Waals surface area (Å²) in [6, 6.07) is 16.2. The van der Waals surface area contributed by atoms with E-state index in [0.29, 0.717) is 30.4 Å². The second kappa shape index (κ2) is 9.38. The number of ether oxygens (including phenoxy) is 1. The first-order valence-corrected chi connectivity index (χ1v) is 12.2. The van der Waals surface area contributed by atoms with E-state index in [2.05, 4.69) is 6.07 Å². The van der Waals surface area contributed by atoms with E-state index >= 15 is 0 Å². The van der Waals surface area contributed by atoms with Crippen molar-refractivity contribution in [1.82, 2.24) is 4.57 Å². The third kappa shape index (κ3) is 4.65. The third-order valence-electron chi connectivity index (χ3n) is 5.30. The number of halogens is 2. The highest BCUT2D eigenvalue weighted by atomic mass is 35.5. The summed E-state index contributed by atoms with van der Waals surface area (Å²) < 4.78 is 7.45. The third-order valence-corrected chi connectivity index (χ3v) is 7.09. The normalized spacial score (nSPS) is 16.2. The maximum atomic E-state index is 13.4. The summed E-state index contributed by atoms with van der Waals surface area (Å²) >= 11 is 13.9. The lowest BCUT2D eigenvalue weighted by molar-refractivity contribution is -0.150. The van der Waals surface area contributed by atoms with Crippen LogP contribution in [0.2, 0.25) is 10.0 Å². The number of nitrogens with zero attached hydrogens (tertiary/aromatic N) is 2. The Bertz CT molecular complexity index is 1600. The zero-order valence-corrected chi connectivity index (χ0v) is 21.5. The van der Waals surface area contributed by atoms with Crippen molar-refractivity contribution in [1.29, 1.82) is 5.26 Å². The van der Waals surface area contributed by atoms with Gasteiger partial charge in [-0.2, -0.15) is 5.26 Å². The molecule has 0 amide bonds. The molecule has 0 saturated carbocycles. The maximum Gasteiger partial charge on any atom is 0.339 e. The molecule has 3 aromatic rings. The van der Waals surface area contributed by atoms with Gasteiger partial charge in [0.2, 0.25) is 0 Å². The maximum absolute atomic E-state index is 13.4. The van der Waals surface area contributed by atoms with Crippen LogP contribution in [-0.2, 0) is 9.53 Å². The Labute approximate surface area is 215 Å². The zero-order chi connectivity index (χ0) is 25.5. The van der Waals surface area contributed by atoms with E-state index in [1.165, 1.54) is 4.57 Å². The fourth-order valence-electron chi connectivity index (χ4n) is 3.84. The second-order valence-corrected chi connectivity index (χ2v) is 10.7. The van der Waals surface area contributed by atoms with Gasteiger partial charge in [0.25, 0.3) is 5.56 Å². The van der Waals surface area contributed by atoms with Crippen LogP contribution >= 0.6 is 34.5 Å². The summed E-state index contributed by atoms with van der Waals surface area (Å²) in [5.74, 6) is -1.74. The number of fused-ring (bicyclic) bond motifs is 1. The summed E-state index contributed by atoms with van der Waals surface area (Å²) in [4.78, 5) is 26.8. The number of aromatic nitrogens is 1. The fourth-order valence-corrected chi connectivity index (χ4v) is 5.39. The molecule has 6 nitrogen and oxygen atoms in total. The molecule has 1 atom stereocenters. The van der Waals surface area contributed by atoms with Gasteiger partial charge in [-0.3, -0.25) is 9.36 Å². The van der Waals surface area contributed by atoms with Crippen molar-refractivity contribution in [3.8, 4) is 6.07 Å². The topological polar surface area (TPSA) is 98.1 Å². The minimum Gasteiger partial charge on any atom is -0.456 e. The van der Waals surface area contributed by atoms with Crippen LogP contribution in [0.4, 0.5) is 0 Å². The zero-order valence-electron chi connectivity index (χ0n) is 19.1. The minimum atomic E-state index is -0.908. The molecule has 0 bridgehead atoms. The molecular formula is C26H21Cl2N3O3S. The molecule has 2 aromatic carbocycles. The Morgan fingerprint density at radius 2 is 1.77 bits per heavy atom. The van der Waals surface area contributed by atoms with Crippen LogP contribution in [0.3, 0.4) is 0 Å². The summed E-state index contributed by atoms with van der Waals surface area (Å²) in [5, 5.41) is 11.1. The average molecular weight is 526 g/mol. The summed E-state index contributed by atoms with van der Waals surface area (Å²) in [7, 11) is 0. The number of rotatable bonds is 3. The molecule has 1 aliphatic heterocycles. The van der Waals surface area contributed by atoms with E-state index in [4.69, 9.17) is 33.7 Å². The SMILES string of the molecule is CC(C)(C)OC(=O)C1=C(N)n2c(sc(=Cc3ccccc3Cl)c2=O)=C(C#N)C1c1ccccc1Cl. The number of hydrogen-bond donors (Lipinski definition) is 1. The molecule has 0 radical (unpaired) electrons. The van der Waals surface area contributed by atoms with Crippen LogP contribution in [0.1, 0.15) is 37.8 Å². The Balaban J connectivity index is 2.09. The molecule has 9 heteroatoms. The van der Waals surface area contributed by atoms with Crippen molar-refractivity contribution in [2.75, 3.05) is 0 Å². The number of hydrogen-bond acceptors (Lipinski definition) is 6. The van der Waals surface area contributed by atoms with E-state index < -0.39 is 23.0 Å². The molecule has 1 unspecified atom stereocenters. The van der Waals surface area contributed by atoms with Crippen LogP contribution in [-0.4, -0.2) is 16.1 Å². The lowest BCUT2D eigenvalue weighted by Crippen LogP contribution is -2.41. The molecule has 0 fully saturated rings. The predicted molar refractivity (Wildman–Crippen MR) is 139 cm³/mol. The molecule has 4 rings (SSSR count). The van der Waals surface area contributed by atoms with Gasteiger partial charge in [-0.25, -0.2) is 4.79 Å². The highest BCUT2D eigenvalue weighted by Crippen LogP contribution is 2.40. The van der Waals surface area contributed by atoms with Gasteiger partial charge in [0.1, 0.15) is 16.1 Å². The average Bonchev–Trinajstić information content (AvgIpc) is 3.10. The molecule has 178 valence electrons. The van der Waals surface area contributed by atoms with E-state index in [1.54, 1.807) is 75.4 Å². The summed E-state index contributed by atoms with van der Waals surface area (Å²) in [6.07, 6.45) is 1.64. The Kier molecular flexibility index (Phi) is 6.65. The lowest BCUT2D eigenvalue weighted by atomic mass is 9.83. The highest BCUT2D eigenvalue weighted by molar-refractivity contribution is 7.07. The predicted octanol–water partition coefficient (Wildman–Crippen LogP) is 3.99. The molecule has 0 saturated heterocycles. The number of nitriles is 1. The number of carbonyl (C=O) groups excluding carboxylic acids is 1. The minimum absolute atomic E-state index is 0.0127. The van der Waals surface area contributed by atoms with E-state index in [-0.39, 0.29) is 17.0 Å².